The van der Waals surface area contributed by atoms with E-state index in [-0.39, 0.29) is 5.57 Å². The molecule has 1 fully saturated rings. The number of rotatable bonds is 5. The molecule has 0 amide bonds. The van der Waals surface area contributed by atoms with Crippen molar-refractivity contribution in [2.24, 2.45) is 5.92 Å². The Labute approximate surface area is 192 Å². The van der Waals surface area contributed by atoms with Gasteiger partial charge in [0, 0.05) is 23.8 Å². The summed E-state index contributed by atoms with van der Waals surface area (Å²) < 4.78 is 15.9. The quantitative estimate of drug-likeness (QED) is 0.640. The lowest BCUT2D eigenvalue weighted by Crippen LogP contribution is -2.54. The molecule has 0 aromatic heterocycles. The third kappa shape index (κ3) is 4.11. The molecule has 0 spiro atoms. The number of esters is 2. The van der Waals surface area contributed by atoms with Gasteiger partial charge < -0.3 is 19.1 Å². The first kappa shape index (κ1) is 22.3. The van der Waals surface area contributed by atoms with Gasteiger partial charge in [-0.05, 0) is 29.8 Å². The minimum Gasteiger partial charge on any atom is -0.468 e. The summed E-state index contributed by atoms with van der Waals surface area (Å²) in [5.74, 6) is -1.92. The second-order valence-corrected chi connectivity index (χ2v) is 7.97. The van der Waals surface area contributed by atoms with Crippen LogP contribution in [0.15, 0.2) is 60.2 Å². The highest BCUT2D eigenvalue weighted by molar-refractivity contribution is 6.30. The first-order valence-electron chi connectivity index (χ1n) is 10.4. The highest BCUT2D eigenvalue weighted by Crippen LogP contribution is 2.45. The van der Waals surface area contributed by atoms with Gasteiger partial charge >= 0.3 is 11.9 Å². The van der Waals surface area contributed by atoms with Crippen LogP contribution in [0.5, 0.6) is 0 Å². The fraction of sp³-hybridized carbons (Fsp3) is 0.333. The first-order chi connectivity index (χ1) is 15.6. The number of methoxy groups -OCH3 is 2. The van der Waals surface area contributed by atoms with Crippen molar-refractivity contribution in [1.82, 2.24) is 4.90 Å². The number of hydrogen-bond donors (Lipinski definition) is 0. The average Bonchev–Trinajstić information content (AvgIpc) is 3.20. The van der Waals surface area contributed by atoms with E-state index in [1.807, 2.05) is 47.4 Å². The minimum atomic E-state index is -0.864. The third-order valence-electron chi connectivity index (χ3n) is 5.80. The van der Waals surface area contributed by atoms with Crippen LogP contribution in [0.1, 0.15) is 5.56 Å². The molecule has 8 heteroatoms. The lowest BCUT2D eigenvalue weighted by atomic mass is 9.95. The zero-order valence-electron chi connectivity index (χ0n) is 18.0. The highest BCUT2D eigenvalue weighted by Gasteiger charge is 2.52. The summed E-state index contributed by atoms with van der Waals surface area (Å²) in [6, 6.07) is 16.9. The number of benzene rings is 2. The number of hydrogen-bond acceptors (Lipinski definition) is 7. The van der Waals surface area contributed by atoms with E-state index in [1.165, 1.54) is 14.2 Å². The van der Waals surface area contributed by atoms with Gasteiger partial charge in [0.2, 0.25) is 0 Å². The van der Waals surface area contributed by atoms with Crippen LogP contribution in [0.4, 0.5) is 5.69 Å². The Morgan fingerprint density at radius 1 is 0.969 bits per heavy atom. The van der Waals surface area contributed by atoms with Gasteiger partial charge in [0.25, 0.3) is 0 Å². The van der Waals surface area contributed by atoms with Crippen molar-refractivity contribution in [2.75, 3.05) is 45.4 Å². The second kappa shape index (κ2) is 9.73. The maximum atomic E-state index is 13.1. The van der Waals surface area contributed by atoms with Gasteiger partial charge in [-0.15, -0.1) is 0 Å². The van der Waals surface area contributed by atoms with Crippen LogP contribution in [-0.4, -0.2) is 63.5 Å². The SMILES string of the molecule is COC(=O)C1=C(c2ccccc2)N(c2ccc(Cl)cc2)C(N2CCOCC2)C1C(=O)OC. The summed E-state index contributed by atoms with van der Waals surface area (Å²) in [6.07, 6.45) is -0.489. The van der Waals surface area contributed by atoms with Gasteiger partial charge in [0.1, 0.15) is 12.1 Å². The van der Waals surface area contributed by atoms with E-state index in [2.05, 4.69) is 4.90 Å². The number of carbonyl (C=O) groups excluding carboxylic acids is 2. The summed E-state index contributed by atoms with van der Waals surface area (Å²) in [5, 5.41) is 0.596. The normalized spacial score (nSPS) is 21.5. The van der Waals surface area contributed by atoms with Crippen LogP contribution in [0.2, 0.25) is 5.02 Å². The molecule has 2 unspecified atom stereocenters. The molecule has 168 valence electrons. The Morgan fingerprint density at radius 2 is 1.62 bits per heavy atom. The molecule has 2 aromatic rings. The molecule has 2 atom stereocenters. The number of carbonyl (C=O) groups is 2. The summed E-state index contributed by atoms with van der Waals surface area (Å²) in [6.45, 7) is 2.29. The van der Waals surface area contributed by atoms with E-state index in [9.17, 15) is 9.59 Å². The number of ether oxygens (including phenoxy) is 3. The predicted molar refractivity (Wildman–Crippen MR) is 121 cm³/mol. The Kier molecular flexibility index (Phi) is 6.79. The van der Waals surface area contributed by atoms with Gasteiger partial charge in [-0.1, -0.05) is 41.9 Å². The third-order valence-corrected chi connectivity index (χ3v) is 6.05. The molecule has 2 aliphatic heterocycles. The van der Waals surface area contributed by atoms with Gasteiger partial charge in [0.05, 0.1) is 38.7 Å². The zero-order chi connectivity index (χ0) is 22.7. The number of halogens is 1. The van der Waals surface area contributed by atoms with E-state index in [4.69, 9.17) is 25.8 Å². The van der Waals surface area contributed by atoms with Crippen molar-refractivity contribution >= 4 is 34.9 Å². The van der Waals surface area contributed by atoms with Crippen LogP contribution >= 0.6 is 11.6 Å². The lowest BCUT2D eigenvalue weighted by molar-refractivity contribution is -0.149. The molecular weight excluding hydrogens is 432 g/mol. The molecule has 2 aliphatic rings. The molecule has 4 rings (SSSR count). The Hall–Kier alpha value is -2.87. The van der Waals surface area contributed by atoms with E-state index in [0.29, 0.717) is 37.0 Å². The van der Waals surface area contributed by atoms with Crippen molar-refractivity contribution in [3.63, 3.8) is 0 Å². The summed E-state index contributed by atoms with van der Waals surface area (Å²) in [4.78, 5) is 30.4. The molecule has 0 bridgehead atoms. The van der Waals surface area contributed by atoms with Crippen LogP contribution in [0.3, 0.4) is 0 Å². The number of morpholine rings is 1. The maximum Gasteiger partial charge on any atom is 0.336 e. The Morgan fingerprint density at radius 3 is 2.22 bits per heavy atom. The van der Waals surface area contributed by atoms with Crippen molar-refractivity contribution in [2.45, 2.75) is 6.17 Å². The van der Waals surface area contributed by atoms with E-state index in [1.54, 1.807) is 12.1 Å². The summed E-state index contributed by atoms with van der Waals surface area (Å²) in [5.41, 5.74) is 2.49. The van der Waals surface area contributed by atoms with Crippen LogP contribution in [0, 0.1) is 5.92 Å². The van der Waals surface area contributed by atoms with Gasteiger partial charge in [0.15, 0.2) is 0 Å². The molecule has 2 aromatic carbocycles. The van der Waals surface area contributed by atoms with Gasteiger partial charge in [-0.2, -0.15) is 0 Å². The first-order valence-corrected chi connectivity index (χ1v) is 10.8. The van der Waals surface area contributed by atoms with Crippen molar-refractivity contribution < 1.29 is 23.8 Å². The van der Waals surface area contributed by atoms with Crippen molar-refractivity contribution in [3.05, 3.63) is 70.8 Å². The fourth-order valence-corrected chi connectivity index (χ4v) is 4.52. The van der Waals surface area contributed by atoms with Crippen LogP contribution < -0.4 is 4.90 Å². The molecular formula is C24H25ClN2O5. The van der Waals surface area contributed by atoms with E-state index in [0.717, 1.165) is 11.3 Å². The molecule has 0 aliphatic carbocycles. The van der Waals surface area contributed by atoms with E-state index >= 15 is 0 Å². The molecule has 7 nitrogen and oxygen atoms in total. The molecule has 1 saturated heterocycles. The predicted octanol–water partition coefficient (Wildman–Crippen LogP) is 3.19. The molecule has 32 heavy (non-hydrogen) atoms. The second-order valence-electron chi connectivity index (χ2n) is 7.53. The highest BCUT2D eigenvalue weighted by atomic mass is 35.5. The lowest BCUT2D eigenvalue weighted by Gasteiger charge is -2.41. The monoisotopic (exact) mass is 456 g/mol. The standard InChI is InChI=1S/C24H25ClN2O5/c1-30-23(28)19-20(24(29)31-2)22(26-12-14-32-15-13-26)27(18-10-8-17(25)9-11-18)21(19)16-6-4-3-5-7-16/h3-11,20,22H,12-15H2,1-2H3. The molecule has 2 heterocycles. The number of anilines is 1. The van der Waals surface area contributed by atoms with Crippen LogP contribution in [0.25, 0.3) is 5.70 Å². The van der Waals surface area contributed by atoms with Crippen LogP contribution in [-0.2, 0) is 23.8 Å². The van der Waals surface area contributed by atoms with Crippen molar-refractivity contribution in [1.29, 1.82) is 0 Å². The van der Waals surface area contributed by atoms with E-state index < -0.39 is 24.0 Å². The summed E-state index contributed by atoms with van der Waals surface area (Å²) >= 11 is 6.15. The topological polar surface area (TPSA) is 68.3 Å². The average molecular weight is 457 g/mol. The molecule has 0 radical (unpaired) electrons. The Bertz CT molecular complexity index is 1000. The maximum absolute atomic E-state index is 13.1. The summed E-state index contributed by atoms with van der Waals surface area (Å²) in [7, 11) is 2.65. The molecule has 0 saturated carbocycles. The largest absolute Gasteiger partial charge is 0.468 e. The fourth-order valence-electron chi connectivity index (χ4n) is 4.40. The zero-order valence-corrected chi connectivity index (χ0v) is 18.7. The van der Waals surface area contributed by atoms with Gasteiger partial charge in [-0.3, -0.25) is 9.69 Å². The smallest absolute Gasteiger partial charge is 0.336 e. The van der Waals surface area contributed by atoms with Gasteiger partial charge in [-0.25, -0.2) is 4.79 Å². The minimum absolute atomic E-state index is 0.275. The molecule has 0 N–H and O–H groups in total. The van der Waals surface area contributed by atoms with Crippen molar-refractivity contribution in [3.8, 4) is 0 Å². The number of nitrogens with zero attached hydrogens (tertiary/aromatic N) is 2. The Balaban J connectivity index is 1.98.